The number of aliphatic hydroxyl groups excluding tert-OH is 9. The van der Waals surface area contributed by atoms with Crippen LogP contribution in [0.5, 0.6) is 0 Å². The first-order valence-electron chi connectivity index (χ1n) is 13.3. The topological polar surface area (TPSA) is 202 Å². The fourth-order valence-electron chi connectivity index (χ4n) is 1.28. The number of alkyl halides is 10. The van der Waals surface area contributed by atoms with E-state index in [1.165, 1.54) is 0 Å². The number of aliphatic hydroxyl groups is 10. The zero-order valence-electron chi connectivity index (χ0n) is 27.5. The summed E-state index contributed by atoms with van der Waals surface area (Å²) in [6.07, 6.45) is 0. The molecule has 0 radical (unpaired) electrons. The summed E-state index contributed by atoms with van der Waals surface area (Å²) < 4.78 is 0. The van der Waals surface area contributed by atoms with Gasteiger partial charge >= 0.3 is 0 Å². The summed E-state index contributed by atoms with van der Waals surface area (Å²) in [7, 11) is 0. The smallest absolute Gasteiger partial charge is 0.139 e. The molecule has 0 fully saturated rings. The normalized spacial score (nSPS) is 9.47. The Labute approximate surface area is 322 Å². The molecule has 0 rings (SSSR count). The third kappa shape index (κ3) is 53.5. The Morgan fingerprint density at radius 3 is 0.422 bits per heavy atom. The molecule has 0 spiro atoms. The summed E-state index contributed by atoms with van der Waals surface area (Å²) >= 11 is 57.5. The SMILES string of the molecule is CCO.CCO.CCO.CCO.CCO.CCO.CCO.CCO.CCO.OC(C(Cl)Cl)(C(Cl)Cl)C(C(Cl)Cl)(C(Cl)Cl)C(Cl)Cl. The fraction of sp³-hybridized carbons (Fsp3) is 1.00. The minimum absolute atomic E-state index is 0.250. The molecule has 0 aromatic heterocycles. The van der Waals surface area contributed by atoms with Crippen LogP contribution in [0.1, 0.15) is 62.3 Å². The molecule has 0 aromatic carbocycles. The van der Waals surface area contributed by atoms with E-state index in [2.05, 4.69) is 0 Å². The molecule has 20 heteroatoms. The lowest BCUT2D eigenvalue weighted by Gasteiger charge is -2.51. The van der Waals surface area contributed by atoms with Crippen molar-refractivity contribution in [2.45, 2.75) is 92.1 Å². The standard InChI is InChI=1S/C7H6Cl10O.9C2H6O/c8-1(9)6(2(10)11,3(12)13)7(18,4(14)15)5(16)17;9*1-2-3/h1-5,18H;9*3H,2H2,1H3. The third-order valence-electron chi connectivity index (χ3n) is 2.44. The van der Waals surface area contributed by atoms with Crippen LogP contribution in [0.25, 0.3) is 0 Å². The number of hydrogen-bond donors (Lipinski definition) is 10. The highest BCUT2D eigenvalue weighted by molar-refractivity contribution is 6.55. The molecule has 10 nitrogen and oxygen atoms in total. The van der Waals surface area contributed by atoms with Gasteiger partial charge in [-0.05, 0) is 62.3 Å². The van der Waals surface area contributed by atoms with Gasteiger partial charge in [-0.25, -0.2) is 0 Å². The average Bonchev–Trinajstić information content (AvgIpc) is 2.88. The third-order valence-corrected chi connectivity index (χ3v) is 5.94. The van der Waals surface area contributed by atoms with Crippen molar-refractivity contribution in [1.82, 2.24) is 0 Å². The van der Waals surface area contributed by atoms with E-state index < -0.39 is 35.2 Å². The van der Waals surface area contributed by atoms with E-state index in [0.29, 0.717) is 0 Å². The van der Waals surface area contributed by atoms with Crippen molar-refractivity contribution in [2.75, 3.05) is 59.5 Å². The van der Waals surface area contributed by atoms with Gasteiger partial charge in [-0.1, -0.05) is 0 Å². The molecule has 0 aliphatic carbocycles. The Morgan fingerprint density at radius 2 is 0.400 bits per heavy atom. The summed E-state index contributed by atoms with van der Waals surface area (Å²) in [5.41, 5.74) is -4.33. The highest BCUT2D eigenvalue weighted by Gasteiger charge is 2.67. The monoisotopic (exact) mass is 870 g/mol. The first-order valence-corrected chi connectivity index (χ1v) is 17.7. The number of rotatable bonds is 6. The van der Waals surface area contributed by atoms with Gasteiger partial charge in [0, 0.05) is 59.5 Å². The van der Waals surface area contributed by atoms with Crippen LogP contribution in [0.15, 0.2) is 0 Å². The minimum Gasteiger partial charge on any atom is -0.397 e. The first-order chi connectivity index (χ1) is 20.7. The Kier molecular flexibility index (Phi) is 105. The van der Waals surface area contributed by atoms with Crippen LogP contribution in [-0.2, 0) is 0 Å². The molecule has 290 valence electrons. The van der Waals surface area contributed by atoms with E-state index in [1.54, 1.807) is 62.3 Å². The van der Waals surface area contributed by atoms with Gasteiger partial charge in [0.05, 0.1) is 5.41 Å². The molecule has 0 aromatic rings. The highest BCUT2D eigenvalue weighted by atomic mass is 35.5. The second kappa shape index (κ2) is 64.9. The molecule has 0 aliphatic rings. The van der Waals surface area contributed by atoms with Crippen LogP contribution >= 0.6 is 116 Å². The van der Waals surface area contributed by atoms with Crippen molar-refractivity contribution < 1.29 is 51.1 Å². The van der Waals surface area contributed by atoms with Crippen molar-refractivity contribution in [3.05, 3.63) is 0 Å². The molecule has 0 amide bonds. The van der Waals surface area contributed by atoms with Gasteiger partial charge in [-0.2, -0.15) is 0 Å². The van der Waals surface area contributed by atoms with Gasteiger partial charge in [0.1, 0.15) is 29.8 Å². The first kappa shape index (κ1) is 73.0. The molecule has 0 unspecified atom stereocenters. The Balaban J connectivity index is -0.0000000463. The maximum absolute atomic E-state index is 10.6. The predicted molar refractivity (Wildman–Crippen MR) is 200 cm³/mol. The molecule has 0 aliphatic heterocycles. The Morgan fingerprint density at radius 1 is 0.311 bits per heavy atom. The summed E-state index contributed by atoms with van der Waals surface area (Å²) in [5, 5.41) is 78.7. The molecule has 0 saturated heterocycles. The number of hydrogen-bond acceptors (Lipinski definition) is 10. The number of halogens is 10. The lowest BCUT2D eigenvalue weighted by molar-refractivity contribution is -0.0431. The molecular formula is C25H60Cl10O10. The molecule has 0 saturated carbocycles. The van der Waals surface area contributed by atoms with Gasteiger partial charge in [-0.15, -0.1) is 116 Å². The van der Waals surface area contributed by atoms with Gasteiger partial charge < -0.3 is 51.1 Å². The van der Waals surface area contributed by atoms with E-state index in [1.807, 2.05) is 0 Å². The van der Waals surface area contributed by atoms with Crippen LogP contribution in [0.3, 0.4) is 0 Å². The van der Waals surface area contributed by atoms with Gasteiger partial charge in [0.25, 0.3) is 0 Å². The van der Waals surface area contributed by atoms with Crippen LogP contribution in [0.4, 0.5) is 0 Å². The summed E-state index contributed by atoms with van der Waals surface area (Å²) in [5.74, 6) is 0. The van der Waals surface area contributed by atoms with E-state index in [0.717, 1.165) is 0 Å². The molecule has 10 N–H and O–H groups in total. The summed E-state index contributed by atoms with van der Waals surface area (Å²) in [6.45, 7) is 17.4. The van der Waals surface area contributed by atoms with E-state index in [-0.39, 0.29) is 59.5 Å². The quantitative estimate of drug-likeness (QED) is 0.148. The second-order valence-electron chi connectivity index (χ2n) is 6.11. The van der Waals surface area contributed by atoms with Crippen LogP contribution in [0, 0.1) is 5.41 Å². The average molecular weight is 875 g/mol. The van der Waals surface area contributed by atoms with Gasteiger partial charge in [0.2, 0.25) is 0 Å². The van der Waals surface area contributed by atoms with Crippen molar-refractivity contribution >= 4 is 116 Å². The van der Waals surface area contributed by atoms with Crippen molar-refractivity contribution in [1.29, 1.82) is 0 Å². The Bertz CT molecular complexity index is 365. The molecule has 0 heterocycles. The maximum Gasteiger partial charge on any atom is 0.139 e. The van der Waals surface area contributed by atoms with Crippen molar-refractivity contribution in [3.8, 4) is 0 Å². The van der Waals surface area contributed by atoms with Crippen LogP contribution < -0.4 is 0 Å². The van der Waals surface area contributed by atoms with Gasteiger partial charge in [0.15, 0.2) is 0 Å². The van der Waals surface area contributed by atoms with Crippen LogP contribution in [-0.4, -0.2) is 140 Å². The molecular weight excluding hydrogens is 815 g/mol. The fourth-order valence-corrected chi connectivity index (χ4v) is 6.14. The maximum atomic E-state index is 10.6. The van der Waals surface area contributed by atoms with Crippen LogP contribution in [0.2, 0.25) is 0 Å². The molecule has 0 bridgehead atoms. The van der Waals surface area contributed by atoms with E-state index in [9.17, 15) is 5.11 Å². The van der Waals surface area contributed by atoms with Crippen molar-refractivity contribution in [3.63, 3.8) is 0 Å². The van der Waals surface area contributed by atoms with E-state index >= 15 is 0 Å². The largest absolute Gasteiger partial charge is 0.397 e. The van der Waals surface area contributed by atoms with Gasteiger partial charge in [-0.3, -0.25) is 0 Å². The highest BCUT2D eigenvalue weighted by Crippen LogP contribution is 2.58. The summed E-state index contributed by atoms with van der Waals surface area (Å²) in [6, 6.07) is 0. The van der Waals surface area contributed by atoms with Crippen molar-refractivity contribution in [2.24, 2.45) is 5.41 Å². The Hall–Kier alpha value is 2.50. The summed E-state index contributed by atoms with van der Waals surface area (Å²) in [4.78, 5) is -7.48. The second-order valence-corrected chi connectivity index (χ2v) is 11.6. The lowest BCUT2D eigenvalue weighted by Crippen LogP contribution is -2.66. The lowest BCUT2D eigenvalue weighted by atomic mass is 9.77. The zero-order valence-corrected chi connectivity index (χ0v) is 35.1. The predicted octanol–water partition coefficient (Wildman–Crippen LogP) is 5.71. The zero-order chi connectivity index (χ0) is 39.3. The van der Waals surface area contributed by atoms with E-state index in [4.69, 9.17) is 162 Å². The molecule has 45 heavy (non-hydrogen) atoms. The molecule has 0 atom stereocenters. The minimum atomic E-state index is -2.35.